The van der Waals surface area contributed by atoms with Crippen molar-refractivity contribution in [2.75, 3.05) is 0 Å². The third-order valence-electron chi connectivity index (χ3n) is 4.76. The Hall–Kier alpha value is -1.83. The maximum absolute atomic E-state index is 10.8. The summed E-state index contributed by atoms with van der Waals surface area (Å²) in [5, 5.41) is 0. The highest BCUT2D eigenvalue weighted by Crippen LogP contribution is 2.12. The number of hydrogen-bond donors (Lipinski definition) is 1. The van der Waals surface area contributed by atoms with Crippen LogP contribution in [0.5, 0.6) is 0 Å². The van der Waals surface area contributed by atoms with Crippen LogP contribution in [0.25, 0.3) is 0 Å². The van der Waals surface area contributed by atoms with E-state index in [0.717, 1.165) is 0 Å². The van der Waals surface area contributed by atoms with Crippen molar-refractivity contribution in [1.29, 1.82) is 0 Å². The lowest BCUT2D eigenvalue weighted by atomic mass is 10.0. The van der Waals surface area contributed by atoms with Gasteiger partial charge in [-0.1, -0.05) is 132 Å². The zero-order valence-electron chi connectivity index (χ0n) is 18.4. The van der Waals surface area contributed by atoms with Crippen LogP contribution in [-0.2, 0) is 4.79 Å². The summed E-state index contributed by atoms with van der Waals surface area (Å²) in [5.74, 6) is -0.383. The highest BCUT2D eigenvalue weighted by Gasteiger charge is 1.93. The van der Waals surface area contributed by atoms with Crippen molar-refractivity contribution in [2.45, 2.75) is 97.3 Å². The van der Waals surface area contributed by atoms with Crippen molar-refractivity contribution in [1.82, 2.24) is 0 Å². The number of nitrogens with two attached hydrogens (primary N) is 1. The average molecular weight is 386 g/mol. The summed E-state index contributed by atoms with van der Waals surface area (Å²) in [7, 11) is 0. The fraction of sp³-hybridized carbons (Fsp3) is 0.577. The minimum atomic E-state index is -0.383. The molecular weight excluding hydrogens is 342 g/mol. The van der Waals surface area contributed by atoms with Gasteiger partial charge in [-0.3, -0.25) is 4.79 Å². The van der Waals surface area contributed by atoms with Gasteiger partial charge in [0.2, 0.25) is 5.91 Å². The van der Waals surface area contributed by atoms with Crippen LogP contribution in [-0.4, -0.2) is 5.91 Å². The maximum Gasteiger partial charge on any atom is 0.244 e. The molecule has 28 heavy (non-hydrogen) atoms. The molecule has 0 aliphatic heterocycles. The van der Waals surface area contributed by atoms with Crippen LogP contribution >= 0.6 is 0 Å². The highest BCUT2D eigenvalue weighted by atomic mass is 16.1. The first kappa shape index (κ1) is 26.2. The number of hydrogen-bond acceptors (Lipinski definition) is 1. The van der Waals surface area contributed by atoms with E-state index in [2.05, 4.69) is 25.2 Å². The second-order valence-electron chi connectivity index (χ2n) is 7.47. The number of carbonyl (C=O) groups is 1. The predicted molar refractivity (Wildman–Crippen MR) is 125 cm³/mol. The average Bonchev–Trinajstić information content (AvgIpc) is 2.68. The second kappa shape index (κ2) is 21.5. The first-order valence-electron chi connectivity index (χ1n) is 11.3. The molecule has 0 heterocycles. The number of rotatable bonds is 18. The summed E-state index contributed by atoms with van der Waals surface area (Å²) in [6, 6.07) is 0. The molecule has 0 aliphatic carbocycles. The molecule has 2 N–H and O–H groups in total. The highest BCUT2D eigenvalue weighted by molar-refractivity contribution is 5.91. The molecule has 0 atom stereocenters. The van der Waals surface area contributed by atoms with Gasteiger partial charge in [0.05, 0.1) is 0 Å². The molecule has 158 valence electrons. The zero-order valence-corrected chi connectivity index (χ0v) is 18.4. The molecule has 1 amide bonds. The first-order valence-corrected chi connectivity index (χ1v) is 11.3. The summed E-state index contributed by atoms with van der Waals surface area (Å²) in [6.45, 7) is 3.98. The number of carbonyl (C=O) groups excluding carboxylic acids is 1. The van der Waals surface area contributed by atoms with Crippen molar-refractivity contribution >= 4 is 5.91 Å². The molecule has 0 aliphatic rings. The van der Waals surface area contributed by atoms with E-state index in [1.807, 2.05) is 30.4 Å². The Bertz CT molecular complexity index is 509. The van der Waals surface area contributed by atoms with E-state index in [1.165, 1.54) is 83.5 Å². The van der Waals surface area contributed by atoms with Gasteiger partial charge < -0.3 is 5.73 Å². The van der Waals surface area contributed by atoms with Crippen molar-refractivity contribution in [2.24, 2.45) is 5.73 Å². The third-order valence-corrected chi connectivity index (χ3v) is 4.76. The maximum atomic E-state index is 10.8. The Labute approximate surface area is 174 Å². The van der Waals surface area contributed by atoms with Gasteiger partial charge in [-0.15, -0.1) is 0 Å². The normalized spacial score (nSPS) is 13.0. The number of amides is 1. The molecule has 0 saturated heterocycles. The van der Waals surface area contributed by atoms with E-state index in [-0.39, 0.29) is 5.91 Å². The molecule has 0 aromatic heterocycles. The van der Waals surface area contributed by atoms with E-state index in [9.17, 15) is 4.79 Å². The Kier molecular flexibility index (Phi) is 20.1. The largest absolute Gasteiger partial charge is 0.366 e. The lowest BCUT2D eigenvalue weighted by Crippen LogP contribution is -2.11. The Morgan fingerprint density at radius 3 is 1.57 bits per heavy atom. The summed E-state index contributed by atoms with van der Waals surface area (Å²) in [4.78, 5) is 10.8. The minimum Gasteiger partial charge on any atom is -0.366 e. The van der Waals surface area contributed by atoms with Crippen LogP contribution in [0.4, 0.5) is 0 Å². The Morgan fingerprint density at radius 1 is 0.643 bits per heavy atom. The van der Waals surface area contributed by atoms with Gasteiger partial charge in [0, 0.05) is 5.57 Å². The Morgan fingerprint density at radius 2 is 1.07 bits per heavy atom. The first-order chi connectivity index (χ1) is 13.7. The third kappa shape index (κ3) is 20.5. The van der Waals surface area contributed by atoms with Gasteiger partial charge in [-0.2, -0.15) is 0 Å². The molecule has 0 unspecified atom stereocenters. The zero-order chi connectivity index (χ0) is 20.7. The summed E-state index contributed by atoms with van der Waals surface area (Å²) in [5.41, 5.74) is 5.70. The molecule has 0 fully saturated rings. The smallest absolute Gasteiger partial charge is 0.244 e. The van der Waals surface area contributed by atoms with Gasteiger partial charge in [0.25, 0.3) is 0 Å². The number of primary amides is 1. The van der Waals surface area contributed by atoms with Gasteiger partial charge >= 0.3 is 0 Å². The van der Waals surface area contributed by atoms with Crippen molar-refractivity contribution in [3.05, 3.63) is 60.3 Å². The van der Waals surface area contributed by atoms with Gasteiger partial charge in [0.1, 0.15) is 0 Å². The van der Waals surface area contributed by atoms with Crippen LogP contribution in [0.3, 0.4) is 0 Å². The lowest BCUT2D eigenvalue weighted by molar-refractivity contribution is -0.114. The molecule has 2 nitrogen and oxygen atoms in total. The number of unbranched alkanes of at least 4 members (excludes halogenated alkanes) is 12. The molecule has 2 heteroatoms. The van der Waals surface area contributed by atoms with E-state index in [1.54, 1.807) is 13.0 Å². The van der Waals surface area contributed by atoms with Crippen molar-refractivity contribution < 1.29 is 4.79 Å². The number of allylic oxidation sites excluding steroid dienone is 9. The molecular formula is C26H43NO. The van der Waals surface area contributed by atoms with Crippen LogP contribution in [0, 0.1) is 0 Å². The Balaban J connectivity index is 3.45. The standard InChI is InChI=1S/C26H43NO/c1-3-4-5-6-7-8-9-10-11-12-13-14-15-16-17-18-19-20-21-22-23-24-25(2)26(27)28/h16-24H,3-15H2,1-2H3,(H2,27,28)/b17-16+,19-18+,21-20+,23-22+,25-24+. The SMILES string of the molecule is CCCCCCCCCCCCCC/C=C/C=C/C=C/C=C/C=C(\C)C(N)=O. The summed E-state index contributed by atoms with van der Waals surface area (Å²) < 4.78 is 0. The molecule has 0 saturated carbocycles. The van der Waals surface area contributed by atoms with Gasteiger partial charge in [-0.25, -0.2) is 0 Å². The molecule has 0 spiro atoms. The van der Waals surface area contributed by atoms with Crippen LogP contribution < -0.4 is 5.73 Å². The van der Waals surface area contributed by atoms with E-state index in [0.29, 0.717) is 5.57 Å². The van der Waals surface area contributed by atoms with Gasteiger partial charge in [-0.05, 0) is 19.8 Å². The van der Waals surface area contributed by atoms with E-state index < -0.39 is 0 Å². The van der Waals surface area contributed by atoms with Crippen LogP contribution in [0.15, 0.2) is 60.3 Å². The fourth-order valence-corrected chi connectivity index (χ4v) is 2.88. The van der Waals surface area contributed by atoms with Gasteiger partial charge in [0.15, 0.2) is 0 Å². The predicted octanol–water partition coefficient (Wildman–Crippen LogP) is 7.73. The summed E-state index contributed by atoms with van der Waals surface area (Å²) in [6.07, 6.45) is 35.7. The van der Waals surface area contributed by atoms with Crippen molar-refractivity contribution in [3.8, 4) is 0 Å². The molecule has 0 rings (SSSR count). The monoisotopic (exact) mass is 385 g/mol. The molecule has 0 radical (unpaired) electrons. The second-order valence-corrected chi connectivity index (χ2v) is 7.47. The lowest BCUT2D eigenvalue weighted by Gasteiger charge is -2.02. The topological polar surface area (TPSA) is 43.1 Å². The molecule has 0 aromatic rings. The van der Waals surface area contributed by atoms with E-state index >= 15 is 0 Å². The van der Waals surface area contributed by atoms with Crippen LogP contribution in [0.1, 0.15) is 97.3 Å². The molecule has 0 bridgehead atoms. The van der Waals surface area contributed by atoms with E-state index in [4.69, 9.17) is 5.73 Å². The molecule has 0 aromatic carbocycles. The fourth-order valence-electron chi connectivity index (χ4n) is 2.88. The van der Waals surface area contributed by atoms with Crippen molar-refractivity contribution in [3.63, 3.8) is 0 Å². The van der Waals surface area contributed by atoms with Crippen LogP contribution in [0.2, 0.25) is 0 Å². The minimum absolute atomic E-state index is 0.383. The summed E-state index contributed by atoms with van der Waals surface area (Å²) >= 11 is 0. The quantitative estimate of drug-likeness (QED) is 0.146.